The summed E-state index contributed by atoms with van der Waals surface area (Å²) in [7, 11) is 0. The SMILES string of the molecule is N#Cc1cc(C=O)ccc1Oc1ccc(F)cc1[N+](=O)[O-]. The molecule has 0 N–H and O–H groups in total. The molecule has 0 atom stereocenters. The van der Waals surface area contributed by atoms with E-state index in [4.69, 9.17) is 10.00 Å². The van der Waals surface area contributed by atoms with Crippen LogP contribution in [0.3, 0.4) is 0 Å². The number of nitrogens with zero attached hydrogens (tertiary/aromatic N) is 2. The van der Waals surface area contributed by atoms with Crippen LogP contribution in [-0.2, 0) is 0 Å². The summed E-state index contributed by atoms with van der Waals surface area (Å²) in [6.07, 6.45) is 0.560. The molecular weight excluding hydrogens is 279 g/mol. The molecule has 0 heterocycles. The van der Waals surface area contributed by atoms with Gasteiger partial charge in [0.1, 0.15) is 23.9 Å². The Balaban J connectivity index is 2.46. The maximum atomic E-state index is 13.0. The number of hydrogen-bond donors (Lipinski definition) is 0. The van der Waals surface area contributed by atoms with Crippen LogP contribution in [0.15, 0.2) is 36.4 Å². The van der Waals surface area contributed by atoms with Crippen molar-refractivity contribution in [2.24, 2.45) is 0 Å². The zero-order valence-electron chi connectivity index (χ0n) is 10.4. The Labute approximate surface area is 118 Å². The second-order valence-corrected chi connectivity index (χ2v) is 3.96. The van der Waals surface area contributed by atoms with Crippen LogP contribution in [0.2, 0.25) is 0 Å². The molecule has 0 aromatic heterocycles. The molecule has 0 bridgehead atoms. The molecule has 0 aliphatic rings. The molecule has 21 heavy (non-hydrogen) atoms. The molecule has 2 rings (SSSR count). The van der Waals surface area contributed by atoms with Crippen molar-refractivity contribution < 1.29 is 18.8 Å². The number of nitro benzene ring substituents is 1. The van der Waals surface area contributed by atoms with E-state index in [0.717, 1.165) is 18.2 Å². The van der Waals surface area contributed by atoms with Crippen molar-refractivity contribution in [1.29, 1.82) is 5.26 Å². The third-order valence-electron chi connectivity index (χ3n) is 2.60. The summed E-state index contributed by atoms with van der Waals surface area (Å²) in [4.78, 5) is 20.7. The molecular formula is C14H7FN2O4. The number of ether oxygens (including phenoxy) is 1. The lowest BCUT2D eigenvalue weighted by Crippen LogP contribution is -1.96. The van der Waals surface area contributed by atoms with E-state index in [9.17, 15) is 19.3 Å². The number of carbonyl (C=O) groups is 1. The summed E-state index contributed by atoms with van der Waals surface area (Å²) in [5.41, 5.74) is -0.246. The minimum absolute atomic E-state index is 0.0396. The summed E-state index contributed by atoms with van der Waals surface area (Å²) < 4.78 is 18.3. The van der Waals surface area contributed by atoms with E-state index >= 15 is 0 Å². The summed E-state index contributed by atoms with van der Waals surface area (Å²) in [5.74, 6) is -0.930. The standard InChI is InChI=1S/C14H7FN2O4/c15-11-2-4-14(12(6-11)17(19)20)21-13-3-1-9(8-18)5-10(13)7-16/h1-6,8H. The van der Waals surface area contributed by atoms with Crippen molar-refractivity contribution in [1.82, 2.24) is 0 Å². The molecule has 0 radical (unpaired) electrons. The summed E-state index contributed by atoms with van der Waals surface area (Å²) >= 11 is 0. The van der Waals surface area contributed by atoms with Crippen molar-refractivity contribution in [2.45, 2.75) is 0 Å². The second kappa shape index (κ2) is 5.79. The van der Waals surface area contributed by atoms with E-state index in [1.807, 2.05) is 6.07 Å². The van der Waals surface area contributed by atoms with Crippen LogP contribution >= 0.6 is 0 Å². The van der Waals surface area contributed by atoms with Gasteiger partial charge >= 0.3 is 5.69 Å². The van der Waals surface area contributed by atoms with Crippen LogP contribution in [0.4, 0.5) is 10.1 Å². The third kappa shape index (κ3) is 3.01. The lowest BCUT2D eigenvalue weighted by atomic mass is 10.1. The van der Waals surface area contributed by atoms with Crippen molar-refractivity contribution in [2.75, 3.05) is 0 Å². The fraction of sp³-hybridized carbons (Fsp3) is 0. The second-order valence-electron chi connectivity index (χ2n) is 3.96. The van der Waals surface area contributed by atoms with Gasteiger partial charge in [-0.3, -0.25) is 14.9 Å². The molecule has 0 saturated carbocycles. The number of aldehydes is 1. The summed E-state index contributed by atoms with van der Waals surface area (Å²) in [6, 6.07) is 8.69. The zero-order valence-corrected chi connectivity index (χ0v) is 10.4. The number of carbonyl (C=O) groups excluding carboxylic acids is 1. The van der Waals surface area contributed by atoms with Crippen LogP contribution in [0.5, 0.6) is 11.5 Å². The van der Waals surface area contributed by atoms with Crippen LogP contribution < -0.4 is 4.74 Å². The van der Waals surface area contributed by atoms with Gasteiger partial charge in [0.15, 0.2) is 0 Å². The quantitative estimate of drug-likeness (QED) is 0.488. The molecule has 2 aromatic carbocycles. The van der Waals surface area contributed by atoms with Crippen molar-refractivity contribution in [3.05, 3.63) is 63.5 Å². The van der Waals surface area contributed by atoms with Gasteiger partial charge in [-0.15, -0.1) is 0 Å². The highest BCUT2D eigenvalue weighted by Gasteiger charge is 2.18. The van der Waals surface area contributed by atoms with Gasteiger partial charge in [0.25, 0.3) is 0 Å². The van der Waals surface area contributed by atoms with Gasteiger partial charge in [0.2, 0.25) is 5.75 Å². The van der Waals surface area contributed by atoms with Crippen LogP contribution in [0.1, 0.15) is 15.9 Å². The van der Waals surface area contributed by atoms with E-state index in [0.29, 0.717) is 6.29 Å². The molecule has 0 aliphatic heterocycles. The molecule has 0 unspecified atom stereocenters. The first kappa shape index (κ1) is 14.1. The fourth-order valence-electron chi connectivity index (χ4n) is 1.64. The van der Waals surface area contributed by atoms with Crippen LogP contribution in [-0.4, -0.2) is 11.2 Å². The van der Waals surface area contributed by atoms with Gasteiger partial charge in [0, 0.05) is 5.56 Å². The van der Waals surface area contributed by atoms with E-state index in [2.05, 4.69) is 0 Å². The van der Waals surface area contributed by atoms with E-state index in [1.54, 1.807) is 0 Å². The lowest BCUT2D eigenvalue weighted by Gasteiger charge is -2.08. The average Bonchev–Trinajstić information content (AvgIpc) is 2.49. The number of nitro groups is 1. The monoisotopic (exact) mass is 286 g/mol. The molecule has 104 valence electrons. The summed E-state index contributed by atoms with van der Waals surface area (Å²) in [6.45, 7) is 0. The van der Waals surface area contributed by atoms with Crippen molar-refractivity contribution in [3.63, 3.8) is 0 Å². The van der Waals surface area contributed by atoms with E-state index in [-0.39, 0.29) is 22.6 Å². The maximum Gasteiger partial charge on any atom is 0.314 e. The average molecular weight is 286 g/mol. The Morgan fingerprint density at radius 2 is 1.95 bits per heavy atom. The fourth-order valence-corrected chi connectivity index (χ4v) is 1.64. The van der Waals surface area contributed by atoms with E-state index < -0.39 is 16.4 Å². The van der Waals surface area contributed by atoms with Gasteiger partial charge in [-0.2, -0.15) is 5.26 Å². The predicted molar refractivity (Wildman–Crippen MR) is 69.7 cm³/mol. The molecule has 0 amide bonds. The number of benzene rings is 2. The Kier molecular flexibility index (Phi) is 3.90. The van der Waals surface area contributed by atoms with Gasteiger partial charge in [-0.25, -0.2) is 4.39 Å². The molecule has 0 fully saturated rings. The van der Waals surface area contributed by atoms with Crippen LogP contribution in [0.25, 0.3) is 0 Å². The molecule has 6 nitrogen and oxygen atoms in total. The van der Waals surface area contributed by atoms with E-state index in [1.165, 1.54) is 18.2 Å². The molecule has 7 heteroatoms. The van der Waals surface area contributed by atoms with Gasteiger partial charge in [-0.05, 0) is 30.3 Å². The lowest BCUT2D eigenvalue weighted by molar-refractivity contribution is -0.385. The number of rotatable bonds is 4. The predicted octanol–water partition coefficient (Wildman–Crippen LogP) is 3.21. The number of nitriles is 1. The largest absolute Gasteiger partial charge is 0.449 e. The molecule has 0 aliphatic carbocycles. The summed E-state index contributed by atoms with van der Waals surface area (Å²) in [5, 5.41) is 19.9. The maximum absolute atomic E-state index is 13.0. The Morgan fingerprint density at radius 1 is 1.24 bits per heavy atom. The third-order valence-corrected chi connectivity index (χ3v) is 2.60. The topological polar surface area (TPSA) is 93.2 Å². The zero-order chi connectivity index (χ0) is 15.4. The highest BCUT2D eigenvalue weighted by atomic mass is 19.1. The first-order chi connectivity index (χ1) is 10.0. The first-order valence-corrected chi connectivity index (χ1v) is 5.66. The van der Waals surface area contributed by atoms with Gasteiger partial charge in [-0.1, -0.05) is 0 Å². The minimum Gasteiger partial charge on any atom is -0.449 e. The van der Waals surface area contributed by atoms with Gasteiger partial charge < -0.3 is 4.74 Å². The van der Waals surface area contributed by atoms with Crippen LogP contribution in [0, 0.1) is 27.3 Å². The smallest absolute Gasteiger partial charge is 0.314 e. The highest BCUT2D eigenvalue weighted by molar-refractivity contribution is 5.76. The molecule has 2 aromatic rings. The number of hydrogen-bond acceptors (Lipinski definition) is 5. The Hall–Kier alpha value is -3.27. The Morgan fingerprint density at radius 3 is 2.57 bits per heavy atom. The highest BCUT2D eigenvalue weighted by Crippen LogP contribution is 2.33. The van der Waals surface area contributed by atoms with Gasteiger partial charge in [0.05, 0.1) is 16.6 Å². The van der Waals surface area contributed by atoms with Crippen molar-refractivity contribution in [3.8, 4) is 17.6 Å². The normalized spacial score (nSPS) is 9.71. The Bertz CT molecular complexity index is 768. The minimum atomic E-state index is -0.787. The first-order valence-electron chi connectivity index (χ1n) is 5.66. The molecule has 0 saturated heterocycles. The molecule has 0 spiro atoms. The number of halogens is 1. The van der Waals surface area contributed by atoms with Crippen molar-refractivity contribution >= 4 is 12.0 Å².